The number of anilines is 2. The number of phenolic OH excluding ortho intramolecular Hbond substituents is 1. The molecule has 5 heteroatoms. The summed E-state index contributed by atoms with van der Waals surface area (Å²) in [4.78, 5) is 2.00. The van der Waals surface area contributed by atoms with Gasteiger partial charge in [0.2, 0.25) is 0 Å². The summed E-state index contributed by atoms with van der Waals surface area (Å²) in [6, 6.07) is 7.10. The van der Waals surface area contributed by atoms with Gasteiger partial charge in [0.25, 0.3) is 0 Å². The topological polar surface area (TPSA) is 75.3 Å². The molecule has 3 N–H and O–H groups in total. The van der Waals surface area contributed by atoms with Crippen LogP contribution in [0.2, 0.25) is 0 Å². The maximum atomic E-state index is 9.64. The monoisotopic (exact) mass is 272 g/mol. The van der Waals surface area contributed by atoms with Crippen LogP contribution < -0.4 is 10.6 Å². The maximum Gasteiger partial charge on any atom is 0.160 e. The second-order valence-corrected chi connectivity index (χ2v) is 4.68. The Hall–Kier alpha value is -2.14. The summed E-state index contributed by atoms with van der Waals surface area (Å²) < 4.78 is 0. The first kappa shape index (κ1) is 14.3. The van der Waals surface area contributed by atoms with E-state index in [1.54, 1.807) is 12.1 Å². The van der Waals surface area contributed by atoms with Gasteiger partial charge >= 0.3 is 0 Å². The van der Waals surface area contributed by atoms with Gasteiger partial charge in [0.15, 0.2) is 5.82 Å². The lowest BCUT2D eigenvalue weighted by molar-refractivity contribution is 0.475. The van der Waals surface area contributed by atoms with Crippen LogP contribution in [-0.4, -0.2) is 21.8 Å². The minimum Gasteiger partial charge on any atom is -0.508 e. The molecule has 1 aromatic heterocycles. The van der Waals surface area contributed by atoms with Crippen molar-refractivity contribution >= 4 is 11.5 Å². The molecule has 0 amide bonds. The molecule has 0 aliphatic rings. The Labute approximate surface area is 119 Å². The third kappa shape index (κ3) is 2.58. The van der Waals surface area contributed by atoms with Crippen LogP contribution in [0.4, 0.5) is 11.5 Å². The number of phenols is 1. The Balaban J connectivity index is 2.55. The van der Waals surface area contributed by atoms with E-state index >= 15 is 0 Å². The van der Waals surface area contributed by atoms with Crippen molar-refractivity contribution in [2.24, 2.45) is 5.73 Å². The van der Waals surface area contributed by atoms with Crippen LogP contribution in [0, 0.1) is 13.8 Å². The van der Waals surface area contributed by atoms with E-state index < -0.39 is 0 Å². The average Bonchev–Trinajstić information content (AvgIpc) is 2.44. The highest BCUT2D eigenvalue weighted by Gasteiger charge is 2.17. The van der Waals surface area contributed by atoms with E-state index in [4.69, 9.17) is 5.73 Å². The summed E-state index contributed by atoms with van der Waals surface area (Å²) in [7, 11) is 0. The first-order chi connectivity index (χ1) is 9.58. The SMILES string of the molecule is CCN(c1cccc(O)c1)c1nnc(C)c(C)c1CN. The first-order valence-electron chi connectivity index (χ1n) is 6.67. The van der Waals surface area contributed by atoms with Crippen LogP contribution >= 0.6 is 0 Å². The van der Waals surface area contributed by atoms with E-state index in [1.807, 2.05) is 37.8 Å². The number of nitrogens with two attached hydrogens (primary N) is 1. The molecule has 0 atom stereocenters. The Morgan fingerprint density at radius 2 is 2.00 bits per heavy atom. The van der Waals surface area contributed by atoms with Gasteiger partial charge in [0.1, 0.15) is 5.75 Å². The van der Waals surface area contributed by atoms with Gasteiger partial charge in [-0.25, -0.2) is 0 Å². The molecule has 0 aliphatic heterocycles. The van der Waals surface area contributed by atoms with Crippen molar-refractivity contribution in [2.45, 2.75) is 27.3 Å². The predicted octanol–water partition coefficient (Wildman–Crippen LogP) is 2.42. The van der Waals surface area contributed by atoms with Crippen LogP contribution in [0.3, 0.4) is 0 Å². The summed E-state index contributed by atoms with van der Waals surface area (Å²) in [6.45, 7) is 7.09. The molecule has 1 aromatic carbocycles. The normalized spacial score (nSPS) is 10.6. The number of aryl methyl sites for hydroxylation is 1. The average molecular weight is 272 g/mol. The zero-order chi connectivity index (χ0) is 14.7. The molecule has 0 bridgehead atoms. The van der Waals surface area contributed by atoms with Gasteiger partial charge in [-0.05, 0) is 38.5 Å². The van der Waals surface area contributed by atoms with Crippen molar-refractivity contribution in [1.82, 2.24) is 10.2 Å². The van der Waals surface area contributed by atoms with Gasteiger partial charge in [-0.15, -0.1) is 5.10 Å². The molecule has 20 heavy (non-hydrogen) atoms. The smallest absolute Gasteiger partial charge is 0.160 e. The lowest BCUT2D eigenvalue weighted by Gasteiger charge is -2.25. The summed E-state index contributed by atoms with van der Waals surface area (Å²) >= 11 is 0. The highest BCUT2D eigenvalue weighted by atomic mass is 16.3. The molecule has 1 heterocycles. The number of aromatic hydroxyl groups is 1. The van der Waals surface area contributed by atoms with Gasteiger partial charge in [-0.3, -0.25) is 0 Å². The van der Waals surface area contributed by atoms with Crippen LogP contribution in [-0.2, 0) is 6.54 Å². The molecule has 106 valence electrons. The molecule has 5 nitrogen and oxygen atoms in total. The van der Waals surface area contributed by atoms with E-state index in [1.165, 1.54) is 0 Å². The van der Waals surface area contributed by atoms with Crippen LogP contribution in [0.1, 0.15) is 23.7 Å². The number of hydrogen-bond acceptors (Lipinski definition) is 5. The van der Waals surface area contributed by atoms with Crippen molar-refractivity contribution in [2.75, 3.05) is 11.4 Å². The van der Waals surface area contributed by atoms with Crippen molar-refractivity contribution in [3.05, 3.63) is 41.1 Å². The van der Waals surface area contributed by atoms with Gasteiger partial charge in [0.05, 0.1) is 5.69 Å². The van der Waals surface area contributed by atoms with Gasteiger partial charge < -0.3 is 15.7 Å². The second kappa shape index (κ2) is 5.88. The molecular weight excluding hydrogens is 252 g/mol. The molecule has 0 saturated carbocycles. The van der Waals surface area contributed by atoms with Crippen molar-refractivity contribution < 1.29 is 5.11 Å². The zero-order valence-electron chi connectivity index (χ0n) is 12.1. The van der Waals surface area contributed by atoms with Gasteiger partial charge in [-0.1, -0.05) is 6.07 Å². The fraction of sp³-hybridized carbons (Fsp3) is 0.333. The second-order valence-electron chi connectivity index (χ2n) is 4.68. The van der Waals surface area contributed by atoms with E-state index in [-0.39, 0.29) is 5.75 Å². The molecule has 0 aliphatic carbocycles. The van der Waals surface area contributed by atoms with Crippen LogP contribution in [0.5, 0.6) is 5.75 Å². The van der Waals surface area contributed by atoms with E-state index in [2.05, 4.69) is 10.2 Å². The molecule has 0 radical (unpaired) electrons. The lowest BCUT2D eigenvalue weighted by atomic mass is 10.1. The van der Waals surface area contributed by atoms with E-state index in [0.717, 1.165) is 28.3 Å². The minimum atomic E-state index is 0.229. The molecule has 0 saturated heterocycles. The fourth-order valence-electron chi connectivity index (χ4n) is 2.22. The fourth-order valence-corrected chi connectivity index (χ4v) is 2.22. The quantitative estimate of drug-likeness (QED) is 0.894. The van der Waals surface area contributed by atoms with Gasteiger partial charge in [-0.2, -0.15) is 5.10 Å². The van der Waals surface area contributed by atoms with Crippen molar-refractivity contribution in [1.29, 1.82) is 0 Å². The highest BCUT2D eigenvalue weighted by Crippen LogP contribution is 2.30. The number of aromatic nitrogens is 2. The number of benzene rings is 1. The summed E-state index contributed by atoms with van der Waals surface area (Å²) in [6.07, 6.45) is 0. The summed E-state index contributed by atoms with van der Waals surface area (Å²) in [5.74, 6) is 0.982. The maximum absolute atomic E-state index is 9.64. The Morgan fingerprint density at radius 3 is 2.60 bits per heavy atom. The largest absolute Gasteiger partial charge is 0.508 e. The molecular formula is C15H20N4O. The van der Waals surface area contributed by atoms with Crippen molar-refractivity contribution in [3.8, 4) is 5.75 Å². The van der Waals surface area contributed by atoms with Crippen LogP contribution in [0.25, 0.3) is 0 Å². The highest BCUT2D eigenvalue weighted by molar-refractivity contribution is 5.65. The predicted molar refractivity (Wildman–Crippen MR) is 80.2 cm³/mol. The number of nitrogens with zero attached hydrogens (tertiary/aromatic N) is 3. The summed E-state index contributed by atoms with van der Waals surface area (Å²) in [5, 5.41) is 18.1. The van der Waals surface area contributed by atoms with Crippen LogP contribution in [0.15, 0.2) is 24.3 Å². The third-order valence-electron chi connectivity index (χ3n) is 3.48. The summed E-state index contributed by atoms with van der Waals surface area (Å²) in [5.41, 5.74) is 9.70. The minimum absolute atomic E-state index is 0.229. The third-order valence-corrected chi connectivity index (χ3v) is 3.48. The number of hydrogen-bond donors (Lipinski definition) is 2. The van der Waals surface area contributed by atoms with Gasteiger partial charge in [0, 0.05) is 30.4 Å². The number of rotatable bonds is 4. The van der Waals surface area contributed by atoms with E-state index in [0.29, 0.717) is 13.1 Å². The molecule has 2 aromatic rings. The van der Waals surface area contributed by atoms with E-state index in [9.17, 15) is 5.11 Å². The Morgan fingerprint density at radius 1 is 1.25 bits per heavy atom. The molecule has 0 spiro atoms. The molecule has 0 fully saturated rings. The molecule has 2 rings (SSSR count). The standard InChI is InChI=1S/C15H20N4O/c1-4-19(12-6-5-7-13(20)8-12)15-14(9-16)10(2)11(3)17-18-15/h5-8,20H,4,9,16H2,1-3H3. The Kier molecular flexibility index (Phi) is 4.20. The lowest BCUT2D eigenvalue weighted by Crippen LogP contribution is -2.22. The Bertz CT molecular complexity index is 613. The van der Waals surface area contributed by atoms with Crippen molar-refractivity contribution in [3.63, 3.8) is 0 Å². The zero-order valence-corrected chi connectivity index (χ0v) is 12.1. The molecule has 0 unspecified atom stereocenters. The first-order valence-corrected chi connectivity index (χ1v) is 6.67.